The van der Waals surface area contributed by atoms with Crippen molar-refractivity contribution in [3.05, 3.63) is 23.8 Å². The number of hydrogen-bond acceptors (Lipinski definition) is 3. The molecule has 3 N–H and O–H groups in total. The Bertz CT molecular complexity index is 278. The van der Waals surface area contributed by atoms with Gasteiger partial charge in [-0.2, -0.15) is 0 Å². The minimum Gasteiger partial charge on any atom is -0.504 e. The van der Waals surface area contributed by atoms with Crippen molar-refractivity contribution < 1.29 is 10.2 Å². The second kappa shape index (κ2) is 5.29. The van der Waals surface area contributed by atoms with Crippen molar-refractivity contribution in [3.8, 4) is 11.5 Å². The molecule has 0 radical (unpaired) electrons. The van der Waals surface area contributed by atoms with Crippen LogP contribution < -0.4 is 3.53 Å². The van der Waals surface area contributed by atoms with Gasteiger partial charge in [0.15, 0.2) is 11.5 Å². The number of aromatic hydroxyl groups is 2. The van der Waals surface area contributed by atoms with Gasteiger partial charge < -0.3 is 10.2 Å². The number of aryl methyl sites for hydroxylation is 1. The fourth-order valence-corrected chi connectivity index (χ4v) is 1.47. The fourth-order valence-electron chi connectivity index (χ4n) is 1.08. The summed E-state index contributed by atoms with van der Waals surface area (Å²) in [5, 5.41) is 18.2. The molecule has 0 aromatic heterocycles. The molecule has 0 fully saturated rings. The van der Waals surface area contributed by atoms with Crippen LogP contribution in [0.4, 0.5) is 0 Å². The zero-order valence-electron chi connectivity index (χ0n) is 7.13. The molecule has 3 nitrogen and oxygen atoms in total. The number of benzene rings is 1. The van der Waals surface area contributed by atoms with Crippen LogP contribution in [0.1, 0.15) is 12.0 Å². The average Bonchev–Trinajstić information content (AvgIpc) is 2.12. The van der Waals surface area contributed by atoms with Crippen LogP contribution in [0, 0.1) is 0 Å². The molecule has 0 amide bonds. The zero-order chi connectivity index (χ0) is 9.68. The van der Waals surface area contributed by atoms with Crippen LogP contribution in [-0.4, -0.2) is 16.8 Å². The first kappa shape index (κ1) is 10.6. The van der Waals surface area contributed by atoms with Crippen molar-refractivity contribution in [2.75, 3.05) is 6.54 Å². The number of rotatable bonds is 4. The molecule has 0 aliphatic rings. The lowest BCUT2D eigenvalue weighted by Gasteiger charge is -2.02. The molecule has 1 aromatic carbocycles. The fraction of sp³-hybridized carbons (Fsp3) is 0.333. The molecule has 0 aliphatic heterocycles. The monoisotopic (exact) mass is 293 g/mol. The molecule has 72 valence electrons. The van der Waals surface area contributed by atoms with Gasteiger partial charge in [0, 0.05) is 29.4 Å². The lowest BCUT2D eigenvalue weighted by atomic mass is 10.1. The first-order chi connectivity index (χ1) is 6.24. The van der Waals surface area contributed by atoms with E-state index in [4.69, 9.17) is 5.11 Å². The number of phenolic OH excluding ortho intramolecular Hbond substituents is 2. The van der Waals surface area contributed by atoms with Crippen LogP contribution in [0.3, 0.4) is 0 Å². The van der Waals surface area contributed by atoms with Crippen molar-refractivity contribution in [1.82, 2.24) is 3.53 Å². The molecule has 13 heavy (non-hydrogen) atoms. The summed E-state index contributed by atoms with van der Waals surface area (Å²) >= 11 is 2.10. The summed E-state index contributed by atoms with van der Waals surface area (Å²) in [6, 6.07) is 4.94. The second-order valence-electron chi connectivity index (χ2n) is 2.81. The van der Waals surface area contributed by atoms with E-state index < -0.39 is 0 Å². The van der Waals surface area contributed by atoms with Gasteiger partial charge in [0.05, 0.1) is 0 Å². The van der Waals surface area contributed by atoms with Gasteiger partial charge in [-0.1, -0.05) is 6.07 Å². The van der Waals surface area contributed by atoms with E-state index in [1.54, 1.807) is 6.07 Å². The Balaban J connectivity index is 2.53. The van der Waals surface area contributed by atoms with Crippen molar-refractivity contribution in [1.29, 1.82) is 0 Å². The van der Waals surface area contributed by atoms with E-state index in [9.17, 15) is 5.11 Å². The van der Waals surface area contributed by atoms with Crippen molar-refractivity contribution in [2.45, 2.75) is 12.8 Å². The normalized spacial score (nSPS) is 10.2. The van der Waals surface area contributed by atoms with Gasteiger partial charge in [-0.25, -0.2) is 0 Å². The largest absolute Gasteiger partial charge is 0.504 e. The molecule has 4 heteroatoms. The highest BCUT2D eigenvalue weighted by atomic mass is 127. The molecule has 0 heterocycles. The smallest absolute Gasteiger partial charge is 0.157 e. The maximum Gasteiger partial charge on any atom is 0.157 e. The number of hydrogen-bond donors (Lipinski definition) is 3. The zero-order valence-corrected chi connectivity index (χ0v) is 9.28. The molecule has 0 saturated carbocycles. The SMILES string of the molecule is Oc1ccc(CCCNI)cc1O. The van der Waals surface area contributed by atoms with Crippen LogP contribution in [0.15, 0.2) is 18.2 Å². The van der Waals surface area contributed by atoms with E-state index in [0.29, 0.717) is 0 Å². The Morgan fingerprint density at radius 1 is 1.23 bits per heavy atom. The van der Waals surface area contributed by atoms with Crippen LogP contribution in [-0.2, 0) is 6.42 Å². The molecule has 1 rings (SSSR count). The van der Waals surface area contributed by atoms with Crippen LogP contribution in [0.25, 0.3) is 0 Å². The highest BCUT2D eigenvalue weighted by molar-refractivity contribution is 14.1. The molecular weight excluding hydrogens is 281 g/mol. The lowest BCUT2D eigenvalue weighted by molar-refractivity contribution is 0.403. The van der Waals surface area contributed by atoms with Crippen LogP contribution >= 0.6 is 22.9 Å². The van der Waals surface area contributed by atoms with Crippen molar-refractivity contribution in [2.24, 2.45) is 0 Å². The topological polar surface area (TPSA) is 52.5 Å². The van der Waals surface area contributed by atoms with Crippen LogP contribution in [0.2, 0.25) is 0 Å². The highest BCUT2D eigenvalue weighted by Crippen LogP contribution is 2.25. The third-order valence-corrected chi connectivity index (χ3v) is 2.32. The highest BCUT2D eigenvalue weighted by Gasteiger charge is 1.99. The van der Waals surface area contributed by atoms with E-state index in [0.717, 1.165) is 24.9 Å². The third-order valence-electron chi connectivity index (χ3n) is 1.78. The average molecular weight is 293 g/mol. The van der Waals surface area contributed by atoms with Crippen LogP contribution in [0.5, 0.6) is 11.5 Å². The van der Waals surface area contributed by atoms with Crippen molar-refractivity contribution in [3.63, 3.8) is 0 Å². The first-order valence-electron chi connectivity index (χ1n) is 4.08. The minimum atomic E-state index is -0.0595. The Morgan fingerprint density at radius 3 is 2.62 bits per heavy atom. The van der Waals surface area contributed by atoms with E-state index in [-0.39, 0.29) is 11.5 Å². The lowest BCUT2D eigenvalue weighted by Crippen LogP contribution is -2.01. The molecule has 0 unspecified atom stereocenters. The Morgan fingerprint density at radius 2 is 2.00 bits per heavy atom. The quantitative estimate of drug-likeness (QED) is 0.344. The second-order valence-corrected chi connectivity index (χ2v) is 3.57. The molecule has 0 bridgehead atoms. The number of nitrogens with one attached hydrogen (secondary N) is 1. The summed E-state index contributed by atoms with van der Waals surface area (Å²) in [6.45, 7) is 0.947. The summed E-state index contributed by atoms with van der Waals surface area (Å²) < 4.78 is 3.02. The Kier molecular flexibility index (Phi) is 4.31. The molecule has 0 saturated heterocycles. The van der Waals surface area contributed by atoms with E-state index in [1.807, 2.05) is 6.07 Å². The van der Waals surface area contributed by atoms with Gasteiger partial charge in [-0.3, -0.25) is 3.53 Å². The summed E-state index contributed by atoms with van der Waals surface area (Å²) in [5.41, 5.74) is 1.04. The maximum atomic E-state index is 9.19. The molecule has 0 aliphatic carbocycles. The summed E-state index contributed by atoms with van der Waals surface area (Å²) in [6.07, 6.45) is 1.93. The molecule has 0 atom stereocenters. The Labute approximate surface area is 91.3 Å². The van der Waals surface area contributed by atoms with Gasteiger partial charge in [-0.15, -0.1) is 0 Å². The summed E-state index contributed by atoms with van der Waals surface area (Å²) in [4.78, 5) is 0. The standard InChI is InChI=1S/C9H12INO2/c10-11-5-1-2-7-3-4-8(12)9(13)6-7/h3-4,6,11-13H,1-2,5H2. The van der Waals surface area contributed by atoms with Gasteiger partial charge in [0.25, 0.3) is 0 Å². The number of halogens is 1. The van der Waals surface area contributed by atoms with E-state index >= 15 is 0 Å². The van der Waals surface area contributed by atoms with Crippen molar-refractivity contribution >= 4 is 22.9 Å². The third kappa shape index (κ3) is 3.40. The van der Waals surface area contributed by atoms with E-state index in [2.05, 4.69) is 26.4 Å². The van der Waals surface area contributed by atoms with Gasteiger partial charge in [0.1, 0.15) is 0 Å². The number of phenols is 2. The van der Waals surface area contributed by atoms with Gasteiger partial charge >= 0.3 is 0 Å². The molecular formula is C9H12INO2. The Hall–Kier alpha value is -0.490. The maximum absolute atomic E-state index is 9.19. The summed E-state index contributed by atoms with van der Waals surface area (Å²) in [5.74, 6) is -0.101. The molecule has 0 spiro atoms. The minimum absolute atomic E-state index is 0.0417. The predicted molar refractivity (Wildman–Crippen MR) is 60.1 cm³/mol. The van der Waals surface area contributed by atoms with E-state index in [1.165, 1.54) is 6.07 Å². The van der Waals surface area contributed by atoms with Gasteiger partial charge in [-0.05, 0) is 30.5 Å². The summed E-state index contributed by atoms with van der Waals surface area (Å²) in [7, 11) is 0. The predicted octanol–water partition coefficient (Wildman–Crippen LogP) is 1.97. The first-order valence-corrected chi connectivity index (χ1v) is 5.16. The molecule has 1 aromatic rings. The van der Waals surface area contributed by atoms with Gasteiger partial charge in [0.2, 0.25) is 0 Å².